The third-order valence-electron chi connectivity index (χ3n) is 3.29. The number of thioether (sulfide) groups is 1. The summed E-state index contributed by atoms with van der Waals surface area (Å²) in [4.78, 5) is 13.5. The Balaban J connectivity index is 2.46. The van der Waals surface area contributed by atoms with E-state index in [4.69, 9.17) is 4.74 Å². The predicted octanol–water partition coefficient (Wildman–Crippen LogP) is 1.94. The van der Waals surface area contributed by atoms with E-state index < -0.39 is 5.97 Å². The third-order valence-corrected chi connectivity index (χ3v) is 4.27. The van der Waals surface area contributed by atoms with Crippen molar-refractivity contribution in [2.75, 3.05) is 37.8 Å². The maximum absolute atomic E-state index is 11.2. The Morgan fingerprint density at radius 1 is 1.39 bits per heavy atom. The van der Waals surface area contributed by atoms with Gasteiger partial charge in [0.25, 0.3) is 0 Å². The number of carboxylic acids is 1. The maximum atomic E-state index is 11.2. The minimum Gasteiger partial charge on any atom is -0.481 e. The van der Waals surface area contributed by atoms with Crippen LogP contribution in [0.2, 0.25) is 0 Å². The molecule has 1 heterocycles. The normalized spacial score (nSPS) is 23.7. The second-order valence-electron chi connectivity index (χ2n) is 4.64. The minimum absolute atomic E-state index is 0.0640. The van der Waals surface area contributed by atoms with Crippen LogP contribution in [-0.4, -0.2) is 59.8 Å². The van der Waals surface area contributed by atoms with Gasteiger partial charge in [0.15, 0.2) is 0 Å². The molecular formula is C13H25NO3S. The molecule has 0 aromatic carbocycles. The van der Waals surface area contributed by atoms with Gasteiger partial charge < -0.3 is 9.84 Å². The highest BCUT2D eigenvalue weighted by molar-refractivity contribution is 7.99. The first kappa shape index (κ1) is 15.8. The highest BCUT2D eigenvalue weighted by atomic mass is 32.2. The van der Waals surface area contributed by atoms with Crippen LogP contribution in [0.25, 0.3) is 0 Å². The fourth-order valence-corrected chi connectivity index (χ4v) is 3.01. The minimum atomic E-state index is -0.721. The van der Waals surface area contributed by atoms with Crippen LogP contribution in [0.5, 0.6) is 0 Å². The molecule has 1 fully saturated rings. The molecule has 0 spiro atoms. The molecule has 1 saturated heterocycles. The molecule has 1 aliphatic heterocycles. The quantitative estimate of drug-likeness (QED) is 0.652. The van der Waals surface area contributed by atoms with Crippen LogP contribution in [0, 0.1) is 5.92 Å². The van der Waals surface area contributed by atoms with Gasteiger partial charge in [0.1, 0.15) is 0 Å². The molecule has 1 aliphatic rings. The van der Waals surface area contributed by atoms with Crippen molar-refractivity contribution < 1.29 is 14.6 Å². The van der Waals surface area contributed by atoms with Gasteiger partial charge in [-0.3, -0.25) is 9.69 Å². The zero-order valence-electron chi connectivity index (χ0n) is 11.4. The lowest BCUT2D eigenvalue weighted by molar-refractivity contribution is -0.143. The third kappa shape index (κ3) is 4.78. The molecule has 1 rings (SSSR count). The maximum Gasteiger partial charge on any atom is 0.310 e. The van der Waals surface area contributed by atoms with E-state index in [0.717, 1.165) is 37.4 Å². The zero-order chi connectivity index (χ0) is 13.4. The molecule has 0 radical (unpaired) electrons. The summed E-state index contributed by atoms with van der Waals surface area (Å²) in [5, 5.41) is 9.20. The summed E-state index contributed by atoms with van der Waals surface area (Å²) in [5.74, 6) is 1.23. The SMILES string of the molecule is CCCN(CCCSCC)C1COCC1C(=O)O. The number of rotatable bonds is 9. The van der Waals surface area contributed by atoms with Crippen molar-refractivity contribution in [2.24, 2.45) is 5.92 Å². The summed E-state index contributed by atoms with van der Waals surface area (Å²) in [5.41, 5.74) is 0. The van der Waals surface area contributed by atoms with Crippen LogP contribution in [0.1, 0.15) is 26.7 Å². The Hall–Kier alpha value is -0.260. The smallest absolute Gasteiger partial charge is 0.310 e. The van der Waals surface area contributed by atoms with Gasteiger partial charge in [-0.15, -0.1) is 0 Å². The number of carbonyl (C=O) groups is 1. The van der Waals surface area contributed by atoms with E-state index in [1.165, 1.54) is 0 Å². The Labute approximate surface area is 114 Å². The molecule has 2 atom stereocenters. The Morgan fingerprint density at radius 2 is 2.17 bits per heavy atom. The fraction of sp³-hybridized carbons (Fsp3) is 0.923. The van der Waals surface area contributed by atoms with Gasteiger partial charge in [0, 0.05) is 6.04 Å². The molecular weight excluding hydrogens is 250 g/mol. The molecule has 0 aromatic heterocycles. The summed E-state index contributed by atoms with van der Waals surface area (Å²) < 4.78 is 5.36. The van der Waals surface area contributed by atoms with Crippen molar-refractivity contribution in [3.05, 3.63) is 0 Å². The number of nitrogens with zero attached hydrogens (tertiary/aromatic N) is 1. The largest absolute Gasteiger partial charge is 0.481 e. The van der Waals surface area contributed by atoms with Crippen LogP contribution < -0.4 is 0 Å². The molecule has 5 heteroatoms. The molecule has 0 aromatic rings. The zero-order valence-corrected chi connectivity index (χ0v) is 12.2. The monoisotopic (exact) mass is 275 g/mol. The van der Waals surface area contributed by atoms with Crippen molar-refractivity contribution in [3.63, 3.8) is 0 Å². The van der Waals surface area contributed by atoms with E-state index in [-0.39, 0.29) is 12.0 Å². The molecule has 0 saturated carbocycles. The Morgan fingerprint density at radius 3 is 2.78 bits per heavy atom. The number of aliphatic carboxylic acids is 1. The fourth-order valence-electron chi connectivity index (χ4n) is 2.38. The number of carboxylic acid groups (broad SMARTS) is 1. The molecule has 0 bridgehead atoms. The van der Waals surface area contributed by atoms with E-state index >= 15 is 0 Å². The van der Waals surface area contributed by atoms with Crippen LogP contribution in [0.4, 0.5) is 0 Å². The summed E-state index contributed by atoms with van der Waals surface area (Å²) >= 11 is 1.94. The van der Waals surface area contributed by atoms with Crippen LogP contribution in [0.15, 0.2) is 0 Å². The Kier molecular flexibility index (Phi) is 7.70. The lowest BCUT2D eigenvalue weighted by Gasteiger charge is -2.29. The van der Waals surface area contributed by atoms with Crippen molar-refractivity contribution in [1.29, 1.82) is 0 Å². The molecule has 1 N–H and O–H groups in total. The highest BCUT2D eigenvalue weighted by Crippen LogP contribution is 2.21. The number of hydrogen-bond donors (Lipinski definition) is 1. The van der Waals surface area contributed by atoms with E-state index in [1.807, 2.05) is 11.8 Å². The van der Waals surface area contributed by atoms with Crippen molar-refractivity contribution in [2.45, 2.75) is 32.7 Å². The average Bonchev–Trinajstić information content (AvgIpc) is 2.82. The molecule has 2 unspecified atom stereocenters. The van der Waals surface area contributed by atoms with Crippen LogP contribution in [0.3, 0.4) is 0 Å². The standard InChI is InChI=1S/C13H25NO3S/c1-3-6-14(7-5-8-18-4-2)12-10-17-9-11(12)13(15)16/h11-12H,3-10H2,1-2H3,(H,15,16). The predicted molar refractivity (Wildman–Crippen MR) is 75.2 cm³/mol. The average molecular weight is 275 g/mol. The lowest BCUT2D eigenvalue weighted by atomic mass is 10.0. The highest BCUT2D eigenvalue weighted by Gasteiger charge is 2.37. The second kappa shape index (κ2) is 8.77. The van der Waals surface area contributed by atoms with E-state index in [0.29, 0.717) is 13.2 Å². The van der Waals surface area contributed by atoms with Gasteiger partial charge in [-0.05, 0) is 37.4 Å². The van der Waals surface area contributed by atoms with Crippen molar-refractivity contribution >= 4 is 17.7 Å². The van der Waals surface area contributed by atoms with Gasteiger partial charge in [-0.2, -0.15) is 11.8 Å². The second-order valence-corrected chi connectivity index (χ2v) is 6.03. The van der Waals surface area contributed by atoms with Gasteiger partial charge in [-0.1, -0.05) is 13.8 Å². The molecule has 0 amide bonds. The Bertz CT molecular complexity index is 250. The topological polar surface area (TPSA) is 49.8 Å². The summed E-state index contributed by atoms with van der Waals surface area (Å²) in [6.07, 6.45) is 2.19. The van der Waals surface area contributed by atoms with Gasteiger partial charge in [0.05, 0.1) is 19.1 Å². The molecule has 18 heavy (non-hydrogen) atoms. The molecule has 106 valence electrons. The summed E-state index contributed by atoms with van der Waals surface area (Å²) in [7, 11) is 0. The number of hydrogen-bond acceptors (Lipinski definition) is 4. The van der Waals surface area contributed by atoms with E-state index in [1.54, 1.807) is 0 Å². The van der Waals surface area contributed by atoms with Gasteiger partial charge in [-0.25, -0.2) is 0 Å². The van der Waals surface area contributed by atoms with E-state index in [9.17, 15) is 9.90 Å². The first-order chi connectivity index (χ1) is 8.70. The molecule has 4 nitrogen and oxygen atoms in total. The van der Waals surface area contributed by atoms with Gasteiger partial charge >= 0.3 is 5.97 Å². The first-order valence-electron chi connectivity index (χ1n) is 6.83. The molecule has 0 aliphatic carbocycles. The van der Waals surface area contributed by atoms with E-state index in [2.05, 4.69) is 18.7 Å². The summed E-state index contributed by atoms with van der Waals surface area (Å²) in [6.45, 7) is 7.19. The van der Waals surface area contributed by atoms with Gasteiger partial charge in [0.2, 0.25) is 0 Å². The number of ether oxygens (including phenoxy) is 1. The summed E-state index contributed by atoms with van der Waals surface area (Å²) in [6, 6.07) is 0.0640. The van der Waals surface area contributed by atoms with Crippen LogP contribution >= 0.6 is 11.8 Å². The van der Waals surface area contributed by atoms with Crippen LogP contribution in [-0.2, 0) is 9.53 Å². The van der Waals surface area contributed by atoms with Crippen molar-refractivity contribution in [1.82, 2.24) is 4.90 Å². The lowest BCUT2D eigenvalue weighted by Crippen LogP contribution is -2.44. The van der Waals surface area contributed by atoms with Crippen molar-refractivity contribution in [3.8, 4) is 0 Å². The first-order valence-corrected chi connectivity index (χ1v) is 7.98.